The summed E-state index contributed by atoms with van der Waals surface area (Å²) in [6.07, 6.45) is -2.99. The molecule has 1 N–H and O–H groups in total. The predicted molar refractivity (Wildman–Crippen MR) is 78.5 cm³/mol. The standard InChI is InChI=1S/C14H10ClF2N3O3/c1-2-23-11-5-10(8(15)3-7(11)6-18)20-12(21)4-9(13(16)17)19-14(20)22/h3-5,13H,2H2,1H3,(H,19,22). The molecule has 0 fully saturated rings. The summed E-state index contributed by atoms with van der Waals surface area (Å²) in [5, 5.41) is 8.96. The monoisotopic (exact) mass is 341 g/mol. The van der Waals surface area contributed by atoms with Crippen LogP contribution >= 0.6 is 11.6 Å². The smallest absolute Gasteiger partial charge is 0.333 e. The molecule has 1 aromatic carbocycles. The van der Waals surface area contributed by atoms with Crippen LogP contribution in [0.25, 0.3) is 5.69 Å². The van der Waals surface area contributed by atoms with Crippen LogP contribution in [-0.2, 0) is 0 Å². The molecule has 0 amide bonds. The van der Waals surface area contributed by atoms with Crippen molar-refractivity contribution in [1.29, 1.82) is 5.26 Å². The van der Waals surface area contributed by atoms with Crippen LogP contribution in [-0.4, -0.2) is 16.2 Å². The number of aromatic amines is 1. The maximum Gasteiger partial charge on any atom is 0.333 e. The second-order valence-electron chi connectivity index (χ2n) is 4.35. The molecule has 23 heavy (non-hydrogen) atoms. The number of hydrogen-bond acceptors (Lipinski definition) is 4. The number of nitriles is 1. The molecule has 2 rings (SSSR count). The first-order valence-corrected chi connectivity index (χ1v) is 6.78. The highest BCUT2D eigenvalue weighted by molar-refractivity contribution is 6.32. The van der Waals surface area contributed by atoms with Crippen molar-refractivity contribution < 1.29 is 13.5 Å². The van der Waals surface area contributed by atoms with Gasteiger partial charge in [-0.1, -0.05) is 11.6 Å². The van der Waals surface area contributed by atoms with Crippen LogP contribution in [0, 0.1) is 11.3 Å². The normalized spacial score (nSPS) is 10.6. The lowest BCUT2D eigenvalue weighted by Crippen LogP contribution is -2.34. The topological polar surface area (TPSA) is 87.9 Å². The molecule has 0 atom stereocenters. The molecule has 1 heterocycles. The molecule has 0 radical (unpaired) electrons. The molecule has 0 unspecified atom stereocenters. The fourth-order valence-corrected chi connectivity index (χ4v) is 2.18. The van der Waals surface area contributed by atoms with Gasteiger partial charge in [-0.2, -0.15) is 5.26 Å². The number of hydrogen-bond donors (Lipinski definition) is 1. The zero-order chi connectivity index (χ0) is 17.1. The first-order chi connectivity index (χ1) is 10.9. The van der Waals surface area contributed by atoms with E-state index < -0.39 is 23.4 Å². The van der Waals surface area contributed by atoms with Gasteiger partial charge in [-0.25, -0.2) is 18.1 Å². The van der Waals surface area contributed by atoms with E-state index in [1.165, 1.54) is 12.1 Å². The summed E-state index contributed by atoms with van der Waals surface area (Å²) in [7, 11) is 0. The Balaban J connectivity index is 2.73. The minimum absolute atomic E-state index is 0.0672. The van der Waals surface area contributed by atoms with Crippen molar-refractivity contribution in [3.63, 3.8) is 0 Å². The van der Waals surface area contributed by atoms with Crippen LogP contribution in [0.15, 0.2) is 27.8 Å². The van der Waals surface area contributed by atoms with Gasteiger partial charge in [0.1, 0.15) is 11.8 Å². The number of nitrogens with zero attached hydrogens (tertiary/aromatic N) is 2. The summed E-state index contributed by atoms with van der Waals surface area (Å²) in [5.74, 6) is 0.124. The molecule has 0 saturated carbocycles. The summed E-state index contributed by atoms with van der Waals surface area (Å²) in [6, 6.07) is 4.95. The molecule has 0 saturated heterocycles. The van der Waals surface area contributed by atoms with Gasteiger partial charge in [0, 0.05) is 12.1 Å². The van der Waals surface area contributed by atoms with E-state index in [2.05, 4.69) is 0 Å². The lowest BCUT2D eigenvalue weighted by atomic mass is 10.2. The first-order valence-electron chi connectivity index (χ1n) is 6.40. The Kier molecular flexibility index (Phi) is 4.81. The van der Waals surface area contributed by atoms with Crippen LogP contribution in [0.5, 0.6) is 5.75 Å². The largest absolute Gasteiger partial charge is 0.492 e. The third-order valence-electron chi connectivity index (χ3n) is 2.90. The molecule has 1 aromatic heterocycles. The number of H-pyrrole nitrogens is 1. The molecular formula is C14H10ClF2N3O3. The van der Waals surface area contributed by atoms with Crippen LogP contribution < -0.4 is 16.0 Å². The Hall–Kier alpha value is -2.66. The van der Waals surface area contributed by atoms with E-state index in [0.29, 0.717) is 10.6 Å². The minimum atomic E-state index is -2.99. The van der Waals surface area contributed by atoms with Crippen LogP contribution in [0.3, 0.4) is 0 Å². The van der Waals surface area contributed by atoms with E-state index >= 15 is 0 Å². The van der Waals surface area contributed by atoms with Crippen molar-refractivity contribution in [3.8, 4) is 17.5 Å². The predicted octanol–water partition coefficient (Wildman–Crippen LogP) is 2.39. The maximum atomic E-state index is 12.6. The minimum Gasteiger partial charge on any atom is -0.492 e. The van der Waals surface area contributed by atoms with Crippen molar-refractivity contribution >= 4 is 11.6 Å². The van der Waals surface area contributed by atoms with Crippen LogP contribution in [0.1, 0.15) is 24.6 Å². The van der Waals surface area contributed by atoms with Gasteiger partial charge in [0.25, 0.3) is 12.0 Å². The van der Waals surface area contributed by atoms with Gasteiger partial charge in [-0.15, -0.1) is 0 Å². The lowest BCUT2D eigenvalue weighted by Gasteiger charge is -2.12. The Morgan fingerprint density at radius 1 is 1.39 bits per heavy atom. The highest BCUT2D eigenvalue weighted by atomic mass is 35.5. The average Bonchev–Trinajstić information content (AvgIpc) is 2.49. The lowest BCUT2D eigenvalue weighted by molar-refractivity contribution is 0.145. The molecule has 0 bridgehead atoms. The Bertz CT molecular complexity index is 868. The fourth-order valence-electron chi connectivity index (χ4n) is 1.94. The van der Waals surface area contributed by atoms with Gasteiger partial charge in [0.05, 0.1) is 28.6 Å². The van der Waals surface area contributed by atoms with E-state index in [1.807, 2.05) is 11.1 Å². The summed E-state index contributed by atoms with van der Waals surface area (Å²) in [4.78, 5) is 25.9. The number of ether oxygens (including phenoxy) is 1. The van der Waals surface area contributed by atoms with Gasteiger partial charge in [-0.3, -0.25) is 4.79 Å². The number of nitrogens with one attached hydrogen (secondary N) is 1. The molecule has 0 aliphatic rings. The number of aromatic nitrogens is 2. The molecule has 0 spiro atoms. The van der Waals surface area contributed by atoms with Gasteiger partial charge in [-0.05, 0) is 13.0 Å². The average molecular weight is 342 g/mol. The highest BCUT2D eigenvalue weighted by Crippen LogP contribution is 2.28. The van der Waals surface area contributed by atoms with Gasteiger partial charge < -0.3 is 9.72 Å². The molecule has 6 nitrogen and oxygen atoms in total. The second kappa shape index (κ2) is 6.62. The van der Waals surface area contributed by atoms with Crippen molar-refractivity contribution in [2.24, 2.45) is 0 Å². The molecule has 9 heteroatoms. The van der Waals surface area contributed by atoms with Gasteiger partial charge in [0.15, 0.2) is 0 Å². The second-order valence-corrected chi connectivity index (χ2v) is 4.76. The van der Waals surface area contributed by atoms with E-state index in [1.54, 1.807) is 6.92 Å². The zero-order valence-electron chi connectivity index (χ0n) is 11.8. The molecule has 2 aromatic rings. The van der Waals surface area contributed by atoms with E-state index in [4.69, 9.17) is 21.6 Å². The Morgan fingerprint density at radius 3 is 2.61 bits per heavy atom. The van der Waals surface area contributed by atoms with E-state index in [9.17, 15) is 18.4 Å². The summed E-state index contributed by atoms with van der Waals surface area (Å²) >= 11 is 5.99. The molecule has 0 aliphatic carbocycles. The Morgan fingerprint density at radius 2 is 2.09 bits per heavy atom. The van der Waals surface area contributed by atoms with E-state index in [-0.39, 0.29) is 28.6 Å². The summed E-state index contributed by atoms with van der Waals surface area (Å²) in [6.45, 7) is 1.93. The third-order valence-corrected chi connectivity index (χ3v) is 3.20. The highest BCUT2D eigenvalue weighted by Gasteiger charge is 2.17. The Labute approximate surface area is 133 Å². The van der Waals surface area contributed by atoms with E-state index in [0.717, 1.165) is 0 Å². The molecular weight excluding hydrogens is 332 g/mol. The van der Waals surface area contributed by atoms with Crippen LogP contribution in [0.2, 0.25) is 5.02 Å². The molecule has 0 aliphatic heterocycles. The van der Waals surface area contributed by atoms with Crippen molar-refractivity contribution in [1.82, 2.24) is 9.55 Å². The summed E-state index contributed by atoms with van der Waals surface area (Å²) < 4.78 is 31.1. The number of halogens is 3. The van der Waals surface area contributed by atoms with Crippen molar-refractivity contribution in [3.05, 3.63) is 55.3 Å². The SMILES string of the molecule is CCOc1cc(-n2c(=O)cc(C(F)F)[nH]c2=O)c(Cl)cc1C#N. The van der Waals surface area contributed by atoms with Gasteiger partial charge >= 0.3 is 5.69 Å². The summed E-state index contributed by atoms with van der Waals surface area (Å²) in [5.41, 5.74) is -2.78. The number of rotatable bonds is 4. The quantitative estimate of drug-likeness (QED) is 0.924. The van der Waals surface area contributed by atoms with Crippen molar-refractivity contribution in [2.75, 3.05) is 6.61 Å². The number of alkyl halides is 2. The maximum absolute atomic E-state index is 12.6. The fraction of sp³-hybridized carbons (Fsp3) is 0.214. The molecule has 120 valence electrons. The number of benzene rings is 1. The zero-order valence-corrected chi connectivity index (χ0v) is 12.5. The van der Waals surface area contributed by atoms with Crippen molar-refractivity contribution in [2.45, 2.75) is 13.3 Å². The third kappa shape index (κ3) is 3.24. The van der Waals surface area contributed by atoms with Crippen LogP contribution in [0.4, 0.5) is 8.78 Å². The first kappa shape index (κ1) is 16.7. The van der Waals surface area contributed by atoms with Gasteiger partial charge in [0.2, 0.25) is 0 Å².